The van der Waals surface area contributed by atoms with E-state index in [9.17, 15) is 0 Å². The number of hydrogen-bond acceptors (Lipinski definition) is 1. The molecule has 1 aliphatic heterocycles. The third kappa shape index (κ3) is 2.56. The Balaban J connectivity index is 1.90. The average Bonchev–Trinajstić information content (AvgIpc) is 2.21. The lowest BCUT2D eigenvalue weighted by Gasteiger charge is -2.22. The monoisotopic (exact) mass is 176 g/mol. The number of ether oxygens (including phenoxy) is 1. The molecule has 1 aliphatic rings. The van der Waals surface area contributed by atoms with Gasteiger partial charge in [-0.2, -0.15) is 0 Å². The Morgan fingerprint density at radius 3 is 2.69 bits per heavy atom. The first-order valence-electron chi connectivity index (χ1n) is 5.11. The number of hydrogen-bond donors (Lipinski definition) is 0. The summed E-state index contributed by atoms with van der Waals surface area (Å²) in [6.07, 6.45) is 5.36. The van der Waals surface area contributed by atoms with Crippen LogP contribution in [0, 0.1) is 0 Å². The fourth-order valence-electron chi connectivity index (χ4n) is 1.85. The second-order valence-corrected chi connectivity index (χ2v) is 3.68. The van der Waals surface area contributed by atoms with Gasteiger partial charge in [0.1, 0.15) is 0 Å². The van der Waals surface area contributed by atoms with Gasteiger partial charge in [0.15, 0.2) is 0 Å². The Kier molecular flexibility index (Phi) is 2.98. The molecule has 1 heterocycles. The minimum Gasteiger partial charge on any atom is -0.378 e. The second-order valence-electron chi connectivity index (χ2n) is 3.68. The fraction of sp³-hybridized carbons (Fsp3) is 0.500. The van der Waals surface area contributed by atoms with Crippen LogP contribution in [-0.2, 0) is 11.2 Å². The molecule has 0 aliphatic carbocycles. The quantitative estimate of drug-likeness (QED) is 0.673. The van der Waals surface area contributed by atoms with E-state index in [0.717, 1.165) is 13.0 Å². The average molecular weight is 176 g/mol. The van der Waals surface area contributed by atoms with Crippen LogP contribution in [0.1, 0.15) is 24.8 Å². The van der Waals surface area contributed by atoms with Crippen molar-refractivity contribution in [3.63, 3.8) is 0 Å². The van der Waals surface area contributed by atoms with Crippen molar-refractivity contribution < 1.29 is 4.74 Å². The van der Waals surface area contributed by atoms with Gasteiger partial charge in [-0.05, 0) is 31.2 Å². The number of rotatable bonds is 2. The predicted octanol–water partition coefficient (Wildman–Crippen LogP) is 2.80. The molecule has 1 nitrogen and oxygen atoms in total. The zero-order valence-electron chi connectivity index (χ0n) is 7.91. The zero-order valence-corrected chi connectivity index (χ0v) is 7.91. The molecule has 1 aromatic carbocycles. The van der Waals surface area contributed by atoms with Crippen molar-refractivity contribution in [2.75, 3.05) is 6.61 Å². The van der Waals surface area contributed by atoms with E-state index in [1.165, 1.54) is 24.8 Å². The maximum absolute atomic E-state index is 5.68. The molecule has 0 amide bonds. The summed E-state index contributed by atoms with van der Waals surface area (Å²) >= 11 is 0. The van der Waals surface area contributed by atoms with Crippen LogP contribution in [-0.4, -0.2) is 12.7 Å². The molecule has 1 saturated heterocycles. The molecule has 0 unspecified atom stereocenters. The van der Waals surface area contributed by atoms with Crippen LogP contribution >= 0.6 is 0 Å². The first-order chi connectivity index (χ1) is 6.45. The summed E-state index contributed by atoms with van der Waals surface area (Å²) < 4.78 is 5.68. The van der Waals surface area contributed by atoms with Gasteiger partial charge in [0.2, 0.25) is 0 Å². The van der Waals surface area contributed by atoms with E-state index in [-0.39, 0.29) is 0 Å². The molecule has 2 rings (SSSR count). The Labute approximate surface area is 79.7 Å². The standard InChI is InChI=1S/C12H16O/c1-2-6-11(7-3-1)10-12-8-4-5-9-13-12/h1-3,6-7,12H,4-5,8-10H2/t12-/m0/s1. The minimum atomic E-state index is 0.469. The van der Waals surface area contributed by atoms with Crippen LogP contribution in [0.25, 0.3) is 0 Å². The summed E-state index contributed by atoms with van der Waals surface area (Å²) in [6.45, 7) is 0.956. The van der Waals surface area contributed by atoms with Gasteiger partial charge in [-0.25, -0.2) is 0 Å². The summed E-state index contributed by atoms with van der Waals surface area (Å²) in [5.74, 6) is 0. The summed E-state index contributed by atoms with van der Waals surface area (Å²) in [5.41, 5.74) is 1.40. The van der Waals surface area contributed by atoms with E-state index in [0.29, 0.717) is 6.10 Å². The van der Waals surface area contributed by atoms with Crippen molar-refractivity contribution in [2.45, 2.75) is 31.8 Å². The van der Waals surface area contributed by atoms with E-state index in [2.05, 4.69) is 30.3 Å². The van der Waals surface area contributed by atoms with Crippen molar-refractivity contribution in [2.24, 2.45) is 0 Å². The zero-order chi connectivity index (χ0) is 8.93. The normalized spacial score (nSPS) is 22.9. The molecule has 13 heavy (non-hydrogen) atoms. The van der Waals surface area contributed by atoms with Gasteiger partial charge in [-0.1, -0.05) is 30.3 Å². The summed E-state index contributed by atoms with van der Waals surface area (Å²) in [6, 6.07) is 10.6. The molecular weight excluding hydrogens is 160 g/mol. The van der Waals surface area contributed by atoms with E-state index < -0.39 is 0 Å². The molecule has 0 aromatic heterocycles. The van der Waals surface area contributed by atoms with Crippen LogP contribution in [0.4, 0.5) is 0 Å². The van der Waals surface area contributed by atoms with Crippen LogP contribution in [0.15, 0.2) is 30.3 Å². The van der Waals surface area contributed by atoms with Gasteiger partial charge in [0.05, 0.1) is 6.10 Å². The maximum atomic E-state index is 5.68. The smallest absolute Gasteiger partial charge is 0.0615 e. The highest BCUT2D eigenvalue weighted by atomic mass is 16.5. The van der Waals surface area contributed by atoms with E-state index in [1.807, 2.05) is 0 Å². The molecule has 1 heteroatoms. The molecule has 1 fully saturated rings. The highest BCUT2D eigenvalue weighted by Crippen LogP contribution is 2.16. The summed E-state index contributed by atoms with van der Waals surface area (Å²) in [5, 5.41) is 0. The molecule has 0 radical (unpaired) electrons. The molecule has 0 spiro atoms. The molecule has 0 N–H and O–H groups in total. The lowest BCUT2D eigenvalue weighted by molar-refractivity contribution is 0.0168. The summed E-state index contributed by atoms with van der Waals surface area (Å²) in [4.78, 5) is 0. The van der Waals surface area contributed by atoms with Gasteiger partial charge in [0.25, 0.3) is 0 Å². The van der Waals surface area contributed by atoms with Crippen molar-refractivity contribution in [3.05, 3.63) is 35.9 Å². The maximum Gasteiger partial charge on any atom is 0.0615 e. The minimum absolute atomic E-state index is 0.469. The van der Waals surface area contributed by atoms with Crippen LogP contribution < -0.4 is 0 Å². The first-order valence-corrected chi connectivity index (χ1v) is 5.11. The van der Waals surface area contributed by atoms with Gasteiger partial charge in [-0.15, -0.1) is 0 Å². The lowest BCUT2D eigenvalue weighted by Crippen LogP contribution is -2.21. The largest absolute Gasteiger partial charge is 0.378 e. The topological polar surface area (TPSA) is 9.23 Å². The lowest BCUT2D eigenvalue weighted by atomic mass is 10.0. The van der Waals surface area contributed by atoms with Gasteiger partial charge in [0, 0.05) is 6.61 Å². The molecular formula is C12H16O. The SMILES string of the molecule is c1ccc(C[C@@H]2CCCCO2)cc1. The Morgan fingerprint density at radius 2 is 2.00 bits per heavy atom. The molecule has 0 saturated carbocycles. The van der Waals surface area contributed by atoms with Crippen molar-refractivity contribution >= 4 is 0 Å². The Bertz CT molecular complexity index is 237. The molecule has 1 atom stereocenters. The molecule has 70 valence electrons. The van der Waals surface area contributed by atoms with Crippen LogP contribution in [0.3, 0.4) is 0 Å². The third-order valence-electron chi connectivity index (χ3n) is 2.58. The van der Waals surface area contributed by atoms with E-state index in [4.69, 9.17) is 4.74 Å². The second kappa shape index (κ2) is 4.43. The van der Waals surface area contributed by atoms with Crippen molar-refractivity contribution in [3.8, 4) is 0 Å². The molecule has 1 aromatic rings. The third-order valence-corrected chi connectivity index (χ3v) is 2.58. The van der Waals surface area contributed by atoms with Crippen LogP contribution in [0.5, 0.6) is 0 Å². The van der Waals surface area contributed by atoms with Gasteiger partial charge in [-0.3, -0.25) is 0 Å². The van der Waals surface area contributed by atoms with E-state index in [1.54, 1.807) is 0 Å². The van der Waals surface area contributed by atoms with Gasteiger partial charge >= 0.3 is 0 Å². The first kappa shape index (κ1) is 8.76. The van der Waals surface area contributed by atoms with Crippen molar-refractivity contribution in [1.29, 1.82) is 0 Å². The fourth-order valence-corrected chi connectivity index (χ4v) is 1.85. The van der Waals surface area contributed by atoms with Crippen molar-refractivity contribution in [1.82, 2.24) is 0 Å². The van der Waals surface area contributed by atoms with Gasteiger partial charge < -0.3 is 4.74 Å². The summed E-state index contributed by atoms with van der Waals surface area (Å²) in [7, 11) is 0. The Morgan fingerprint density at radius 1 is 1.15 bits per heavy atom. The number of benzene rings is 1. The highest BCUT2D eigenvalue weighted by Gasteiger charge is 2.13. The van der Waals surface area contributed by atoms with Crippen LogP contribution in [0.2, 0.25) is 0 Å². The van der Waals surface area contributed by atoms with E-state index >= 15 is 0 Å². The predicted molar refractivity (Wildman–Crippen MR) is 53.7 cm³/mol. The molecule has 0 bridgehead atoms. The highest BCUT2D eigenvalue weighted by molar-refractivity contribution is 5.15. The Hall–Kier alpha value is -0.820.